The zero-order valence-corrected chi connectivity index (χ0v) is 16.5. The number of amides is 1. The van der Waals surface area contributed by atoms with Crippen molar-refractivity contribution >= 4 is 29.8 Å². The monoisotopic (exact) mass is 415 g/mol. The number of benzene rings is 2. The van der Waals surface area contributed by atoms with E-state index in [9.17, 15) is 19.2 Å². The zero-order valence-electron chi connectivity index (χ0n) is 16.5. The van der Waals surface area contributed by atoms with Gasteiger partial charge in [0.15, 0.2) is 24.7 Å². The van der Waals surface area contributed by atoms with Gasteiger partial charge in [-0.05, 0) is 37.3 Å². The van der Waals surface area contributed by atoms with Gasteiger partial charge in [-0.25, -0.2) is 9.59 Å². The molecule has 2 rings (SSSR count). The molecule has 0 aliphatic rings. The minimum atomic E-state index is -0.787. The summed E-state index contributed by atoms with van der Waals surface area (Å²) in [6.07, 6.45) is 0.652. The van der Waals surface area contributed by atoms with Crippen molar-refractivity contribution in [3.63, 3.8) is 0 Å². The maximum atomic E-state index is 12.1. The van der Waals surface area contributed by atoms with E-state index in [1.165, 1.54) is 37.4 Å². The van der Waals surface area contributed by atoms with Gasteiger partial charge in [0.1, 0.15) is 6.29 Å². The van der Waals surface area contributed by atoms with Crippen molar-refractivity contribution in [1.82, 2.24) is 0 Å². The Morgan fingerprint density at radius 2 is 1.77 bits per heavy atom. The van der Waals surface area contributed by atoms with Gasteiger partial charge in [-0.2, -0.15) is 0 Å². The number of hydrogen-bond acceptors (Lipinski definition) is 8. The molecule has 0 bridgehead atoms. The smallest absolute Gasteiger partial charge is 0.344 e. The summed E-state index contributed by atoms with van der Waals surface area (Å²) in [6, 6.07) is 10.8. The van der Waals surface area contributed by atoms with Crippen LogP contribution in [0.25, 0.3) is 0 Å². The molecule has 0 radical (unpaired) electrons. The fraction of sp³-hybridized carbons (Fsp3) is 0.238. The van der Waals surface area contributed by atoms with Crippen molar-refractivity contribution in [1.29, 1.82) is 0 Å². The Kier molecular flexibility index (Phi) is 8.37. The molecule has 0 aliphatic heterocycles. The minimum absolute atomic E-state index is 0.188. The van der Waals surface area contributed by atoms with Gasteiger partial charge < -0.3 is 24.3 Å². The van der Waals surface area contributed by atoms with Crippen LogP contribution in [0.15, 0.2) is 42.5 Å². The Hall–Kier alpha value is -3.88. The van der Waals surface area contributed by atoms with Gasteiger partial charge in [0.25, 0.3) is 5.91 Å². The molecule has 9 nitrogen and oxygen atoms in total. The summed E-state index contributed by atoms with van der Waals surface area (Å²) >= 11 is 0. The van der Waals surface area contributed by atoms with E-state index >= 15 is 0 Å². The van der Waals surface area contributed by atoms with E-state index in [-0.39, 0.29) is 29.4 Å². The van der Waals surface area contributed by atoms with E-state index in [0.29, 0.717) is 11.8 Å². The maximum Gasteiger partial charge on any atom is 0.344 e. The van der Waals surface area contributed by atoms with Crippen molar-refractivity contribution in [2.45, 2.75) is 6.92 Å². The normalized spacial score (nSPS) is 9.93. The van der Waals surface area contributed by atoms with Crippen LogP contribution in [0.5, 0.6) is 11.5 Å². The molecule has 1 amide bonds. The Labute approximate surface area is 172 Å². The minimum Gasteiger partial charge on any atom is -0.493 e. The van der Waals surface area contributed by atoms with E-state index in [2.05, 4.69) is 5.32 Å². The van der Waals surface area contributed by atoms with Gasteiger partial charge in [-0.1, -0.05) is 12.1 Å². The first-order valence-electron chi connectivity index (χ1n) is 8.96. The number of methoxy groups -OCH3 is 1. The lowest BCUT2D eigenvalue weighted by Crippen LogP contribution is -2.24. The molecule has 0 fully saturated rings. The molecular formula is C21H21NO8. The van der Waals surface area contributed by atoms with Gasteiger partial charge in [0, 0.05) is 5.56 Å². The number of carbonyl (C=O) groups excluding carboxylic acids is 4. The number of hydrogen-bond donors (Lipinski definition) is 1. The molecule has 158 valence electrons. The first kappa shape index (κ1) is 22.4. The molecule has 0 aromatic heterocycles. The van der Waals surface area contributed by atoms with E-state index in [1.807, 2.05) is 0 Å². The highest BCUT2D eigenvalue weighted by Crippen LogP contribution is 2.27. The number of para-hydroxylation sites is 1. The molecule has 0 saturated carbocycles. The van der Waals surface area contributed by atoms with Gasteiger partial charge in [0.05, 0.1) is 25.0 Å². The summed E-state index contributed by atoms with van der Waals surface area (Å²) < 4.78 is 20.2. The number of ether oxygens (including phenoxy) is 4. The molecule has 2 aromatic rings. The Balaban J connectivity index is 1.86. The number of carbonyl (C=O) groups is 4. The number of aldehydes is 1. The molecule has 9 heteroatoms. The van der Waals surface area contributed by atoms with E-state index < -0.39 is 31.1 Å². The first-order valence-corrected chi connectivity index (χ1v) is 8.96. The molecule has 0 heterocycles. The van der Waals surface area contributed by atoms with Crippen molar-refractivity contribution < 1.29 is 38.1 Å². The third-order valence-electron chi connectivity index (χ3n) is 3.73. The molecule has 0 spiro atoms. The summed E-state index contributed by atoms with van der Waals surface area (Å²) in [7, 11) is 1.40. The van der Waals surface area contributed by atoms with Crippen molar-refractivity contribution in [3.05, 3.63) is 53.6 Å². The summed E-state index contributed by atoms with van der Waals surface area (Å²) in [4.78, 5) is 46.6. The van der Waals surface area contributed by atoms with Gasteiger partial charge in [-0.3, -0.25) is 9.59 Å². The third-order valence-corrected chi connectivity index (χ3v) is 3.73. The average Bonchev–Trinajstić information content (AvgIpc) is 2.76. The lowest BCUT2D eigenvalue weighted by atomic mass is 10.2. The first-order chi connectivity index (χ1) is 14.5. The molecule has 0 atom stereocenters. The Morgan fingerprint density at radius 3 is 2.47 bits per heavy atom. The SMILES string of the molecule is CCOC(=O)c1ccccc1NC(=O)COC(=O)COc1ccc(C=O)cc1OC. The lowest BCUT2D eigenvalue weighted by molar-refractivity contribution is -0.149. The number of anilines is 1. The van der Waals surface area contributed by atoms with Crippen LogP contribution in [0.2, 0.25) is 0 Å². The molecule has 0 saturated heterocycles. The van der Waals surface area contributed by atoms with Gasteiger partial charge in [-0.15, -0.1) is 0 Å². The van der Waals surface area contributed by atoms with Crippen LogP contribution in [0.1, 0.15) is 27.6 Å². The summed E-state index contributed by atoms with van der Waals surface area (Å²) in [5.41, 5.74) is 0.822. The summed E-state index contributed by atoms with van der Waals surface area (Å²) in [5, 5.41) is 2.50. The summed E-state index contributed by atoms with van der Waals surface area (Å²) in [5.74, 6) is -1.47. The second kappa shape index (κ2) is 11.2. The fourth-order valence-corrected chi connectivity index (χ4v) is 2.37. The quantitative estimate of drug-likeness (QED) is 0.464. The topological polar surface area (TPSA) is 117 Å². The predicted octanol–water partition coefficient (Wildman–Crippen LogP) is 2.25. The van der Waals surface area contributed by atoms with E-state index in [1.54, 1.807) is 19.1 Å². The number of esters is 2. The van der Waals surface area contributed by atoms with Crippen LogP contribution in [-0.2, 0) is 19.1 Å². The lowest BCUT2D eigenvalue weighted by Gasteiger charge is -2.12. The highest BCUT2D eigenvalue weighted by molar-refractivity contribution is 6.01. The predicted molar refractivity (Wildman–Crippen MR) is 106 cm³/mol. The molecule has 1 N–H and O–H groups in total. The standard InChI is InChI=1S/C21H21NO8/c1-3-28-21(26)15-6-4-5-7-16(15)22-19(24)12-30-20(25)13-29-17-9-8-14(11-23)10-18(17)27-2/h4-11H,3,12-13H2,1-2H3,(H,22,24). The van der Waals surface area contributed by atoms with E-state index in [4.69, 9.17) is 18.9 Å². The average molecular weight is 415 g/mol. The number of nitrogens with one attached hydrogen (secondary N) is 1. The molecule has 30 heavy (non-hydrogen) atoms. The Morgan fingerprint density at radius 1 is 1.00 bits per heavy atom. The molecule has 2 aromatic carbocycles. The van der Waals surface area contributed by atoms with Gasteiger partial charge >= 0.3 is 11.9 Å². The third kappa shape index (κ3) is 6.33. The highest BCUT2D eigenvalue weighted by Gasteiger charge is 2.15. The Bertz CT molecular complexity index is 925. The van der Waals surface area contributed by atoms with Crippen LogP contribution in [0, 0.1) is 0 Å². The zero-order chi connectivity index (χ0) is 21.9. The fourth-order valence-electron chi connectivity index (χ4n) is 2.37. The van der Waals surface area contributed by atoms with Gasteiger partial charge in [0.2, 0.25) is 0 Å². The molecule has 0 aliphatic carbocycles. The van der Waals surface area contributed by atoms with Crippen LogP contribution in [0.3, 0.4) is 0 Å². The summed E-state index contributed by atoms with van der Waals surface area (Å²) in [6.45, 7) is 0.832. The van der Waals surface area contributed by atoms with Crippen LogP contribution in [-0.4, -0.2) is 51.1 Å². The van der Waals surface area contributed by atoms with Crippen LogP contribution < -0.4 is 14.8 Å². The maximum absolute atomic E-state index is 12.1. The van der Waals surface area contributed by atoms with E-state index in [0.717, 1.165) is 0 Å². The molecular weight excluding hydrogens is 394 g/mol. The largest absolute Gasteiger partial charge is 0.493 e. The van der Waals surface area contributed by atoms with Crippen molar-refractivity contribution in [3.8, 4) is 11.5 Å². The van der Waals surface area contributed by atoms with Crippen molar-refractivity contribution in [2.24, 2.45) is 0 Å². The molecule has 0 unspecified atom stereocenters. The van der Waals surface area contributed by atoms with Crippen LogP contribution >= 0.6 is 0 Å². The highest BCUT2D eigenvalue weighted by atomic mass is 16.6. The van der Waals surface area contributed by atoms with Crippen molar-refractivity contribution in [2.75, 3.05) is 32.2 Å². The second-order valence-electron chi connectivity index (χ2n) is 5.79. The van der Waals surface area contributed by atoms with Crippen LogP contribution in [0.4, 0.5) is 5.69 Å². The second-order valence-corrected chi connectivity index (χ2v) is 5.79. The number of rotatable bonds is 10.